The maximum Gasteiger partial charge on any atom is 0.341 e. The van der Waals surface area contributed by atoms with Crippen molar-refractivity contribution in [1.29, 1.82) is 0 Å². The summed E-state index contributed by atoms with van der Waals surface area (Å²) >= 11 is 3.28. The number of anilines is 2. The molecule has 132 valence electrons. The van der Waals surface area contributed by atoms with Crippen LogP contribution in [0.3, 0.4) is 0 Å². The monoisotopic (exact) mass is 414 g/mol. The van der Waals surface area contributed by atoms with E-state index in [0.29, 0.717) is 26.6 Å². The van der Waals surface area contributed by atoms with Gasteiger partial charge in [-0.1, -0.05) is 0 Å². The molecular formula is C18H15BrN4O3. The van der Waals surface area contributed by atoms with Crippen molar-refractivity contribution in [2.24, 2.45) is 0 Å². The molecule has 2 aromatic heterocycles. The van der Waals surface area contributed by atoms with E-state index in [1.54, 1.807) is 37.4 Å². The third-order valence-corrected chi connectivity index (χ3v) is 4.06. The average molecular weight is 415 g/mol. The summed E-state index contributed by atoms with van der Waals surface area (Å²) < 4.78 is 5.69. The van der Waals surface area contributed by atoms with Gasteiger partial charge in [0.1, 0.15) is 5.56 Å². The average Bonchev–Trinajstić information content (AvgIpc) is 2.62. The normalized spacial score (nSPS) is 10.5. The van der Waals surface area contributed by atoms with Crippen LogP contribution >= 0.6 is 15.9 Å². The molecule has 1 amide bonds. The van der Waals surface area contributed by atoms with Crippen molar-refractivity contribution in [1.82, 2.24) is 9.97 Å². The summed E-state index contributed by atoms with van der Waals surface area (Å²) in [6, 6.07) is 6.76. The maximum atomic E-state index is 12.4. The van der Waals surface area contributed by atoms with Crippen LogP contribution in [0.2, 0.25) is 0 Å². The lowest BCUT2D eigenvalue weighted by molar-refractivity contribution is 0.0527. The summed E-state index contributed by atoms with van der Waals surface area (Å²) in [5.74, 6) is -0.847. The summed E-state index contributed by atoms with van der Waals surface area (Å²) in [5, 5.41) is 3.34. The first-order valence-corrected chi connectivity index (χ1v) is 8.56. The number of nitrogen functional groups attached to an aromatic ring is 1. The number of pyridine rings is 2. The zero-order valence-electron chi connectivity index (χ0n) is 13.8. The zero-order valence-corrected chi connectivity index (χ0v) is 15.4. The number of hydrogen-bond acceptors (Lipinski definition) is 6. The summed E-state index contributed by atoms with van der Waals surface area (Å²) in [5.41, 5.74) is 8.10. The highest BCUT2D eigenvalue weighted by atomic mass is 79.9. The first kappa shape index (κ1) is 17.8. The summed E-state index contributed by atoms with van der Waals surface area (Å²) in [7, 11) is 0. The van der Waals surface area contributed by atoms with E-state index >= 15 is 0 Å². The number of nitrogens with two attached hydrogens (primary N) is 1. The van der Waals surface area contributed by atoms with Crippen LogP contribution in [0, 0.1) is 0 Å². The minimum absolute atomic E-state index is 0.194. The third-order valence-electron chi connectivity index (χ3n) is 3.63. The van der Waals surface area contributed by atoms with Gasteiger partial charge >= 0.3 is 5.97 Å². The Hall–Kier alpha value is -3.00. The van der Waals surface area contributed by atoms with Crippen LogP contribution in [-0.4, -0.2) is 28.5 Å². The number of nitrogens with one attached hydrogen (secondary N) is 1. The van der Waals surface area contributed by atoms with Gasteiger partial charge in [0.2, 0.25) is 0 Å². The maximum absolute atomic E-state index is 12.4. The minimum atomic E-state index is -0.533. The Balaban J connectivity index is 1.94. The Morgan fingerprint density at radius 1 is 1.23 bits per heavy atom. The van der Waals surface area contributed by atoms with E-state index in [1.165, 1.54) is 12.4 Å². The van der Waals surface area contributed by atoms with Crippen molar-refractivity contribution in [2.45, 2.75) is 6.92 Å². The molecule has 0 radical (unpaired) electrons. The molecule has 7 nitrogen and oxygen atoms in total. The van der Waals surface area contributed by atoms with Crippen LogP contribution in [0.25, 0.3) is 10.9 Å². The number of carbonyl (C=O) groups is 2. The SMILES string of the molecule is CCOC(=O)c1cnc2ccc(NC(=O)c3cncc(Br)c3)cc2c1N. The summed E-state index contributed by atoms with van der Waals surface area (Å²) in [4.78, 5) is 32.5. The summed E-state index contributed by atoms with van der Waals surface area (Å²) in [6.45, 7) is 1.96. The first-order valence-electron chi connectivity index (χ1n) is 7.77. The Labute approximate surface area is 157 Å². The largest absolute Gasteiger partial charge is 0.462 e. The molecule has 3 aromatic rings. The molecule has 0 aliphatic carbocycles. The molecule has 3 rings (SSSR count). The van der Waals surface area contributed by atoms with Crippen LogP contribution < -0.4 is 11.1 Å². The second kappa shape index (κ2) is 7.49. The lowest BCUT2D eigenvalue weighted by atomic mass is 10.1. The van der Waals surface area contributed by atoms with Gasteiger partial charge in [0.25, 0.3) is 5.91 Å². The van der Waals surface area contributed by atoms with E-state index in [-0.39, 0.29) is 23.8 Å². The van der Waals surface area contributed by atoms with E-state index in [4.69, 9.17) is 10.5 Å². The molecule has 0 aliphatic heterocycles. The second-order valence-electron chi connectivity index (χ2n) is 5.38. The highest BCUT2D eigenvalue weighted by Crippen LogP contribution is 2.27. The number of aromatic nitrogens is 2. The quantitative estimate of drug-likeness (QED) is 0.633. The molecule has 3 N–H and O–H groups in total. The first-order chi connectivity index (χ1) is 12.5. The number of ether oxygens (including phenoxy) is 1. The van der Waals surface area contributed by atoms with Crippen molar-refractivity contribution in [3.05, 3.63) is 58.5 Å². The van der Waals surface area contributed by atoms with Gasteiger partial charge in [-0.25, -0.2) is 4.79 Å². The highest BCUT2D eigenvalue weighted by Gasteiger charge is 2.15. The second-order valence-corrected chi connectivity index (χ2v) is 6.30. The van der Waals surface area contributed by atoms with E-state index in [9.17, 15) is 9.59 Å². The molecular weight excluding hydrogens is 400 g/mol. The molecule has 0 fully saturated rings. The van der Waals surface area contributed by atoms with Gasteiger partial charge in [0, 0.05) is 34.1 Å². The smallest absolute Gasteiger partial charge is 0.341 e. The lowest BCUT2D eigenvalue weighted by Crippen LogP contribution is -2.12. The molecule has 0 atom stereocenters. The van der Waals surface area contributed by atoms with Crippen LogP contribution in [0.1, 0.15) is 27.6 Å². The predicted molar refractivity (Wildman–Crippen MR) is 102 cm³/mol. The topological polar surface area (TPSA) is 107 Å². The van der Waals surface area contributed by atoms with Crippen LogP contribution in [-0.2, 0) is 4.74 Å². The number of rotatable bonds is 4. The van der Waals surface area contributed by atoms with Gasteiger partial charge in [-0.15, -0.1) is 0 Å². The molecule has 26 heavy (non-hydrogen) atoms. The van der Waals surface area contributed by atoms with Crippen molar-refractivity contribution in [3.63, 3.8) is 0 Å². The molecule has 0 saturated heterocycles. The van der Waals surface area contributed by atoms with E-state index in [2.05, 4.69) is 31.2 Å². The molecule has 0 unspecified atom stereocenters. The van der Waals surface area contributed by atoms with Gasteiger partial charge in [0.15, 0.2) is 0 Å². The lowest BCUT2D eigenvalue weighted by Gasteiger charge is -2.10. The van der Waals surface area contributed by atoms with E-state index < -0.39 is 5.97 Å². The molecule has 0 bridgehead atoms. The Kier molecular flexibility index (Phi) is 5.13. The fourth-order valence-electron chi connectivity index (χ4n) is 2.40. The Bertz CT molecular complexity index is 1010. The van der Waals surface area contributed by atoms with Crippen LogP contribution in [0.5, 0.6) is 0 Å². The standard InChI is InChI=1S/C18H15BrN4O3/c1-2-26-18(25)14-9-22-15-4-3-12(6-13(15)16(14)20)23-17(24)10-5-11(19)8-21-7-10/h3-9H,2H2,1H3,(H2,20,22)(H,23,24). The van der Waals surface area contributed by atoms with E-state index in [1.807, 2.05) is 0 Å². The third kappa shape index (κ3) is 3.65. The molecule has 8 heteroatoms. The highest BCUT2D eigenvalue weighted by molar-refractivity contribution is 9.10. The molecule has 0 spiro atoms. The van der Waals surface area contributed by atoms with Gasteiger partial charge in [-0.05, 0) is 47.1 Å². The molecule has 1 aromatic carbocycles. The predicted octanol–water partition coefficient (Wildman–Crippen LogP) is 3.40. The minimum Gasteiger partial charge on any atom is -0.462 e. The fourth-order valence-corrected chi connectivity index (χ4v) is 2.77. The van der Waals surface area contributed by atoms with E-state index in [0.717, 1.165) is 0 Å². The van der Waals surface area contributed by atoms with Gasteiger partial charge in [-0.3, -0.25) is 14.8 Å². The van der Waals surface area contributed by atoms with Crippen molar-refractivity contribution in [2.75, 3.05) is 17.7 Å². The zero-order chi connectivity index (χ0) is 18.7. The van der Waals surface area contributed by atoms with Gasteiger partial charge in [0.05, 0.1) is 23.4 Å². The van der Waals surface area contributed by atoms with Crippen molar-refractivity contribution >= 4 is 50.1 Å². The van der Waals surface area contributed by atoms with Crippen molar-refractivity contribution in [3.8, 4) is 0 Å². The van der Waals surface area contributed by atoms with Crippen LogP contribution in [0.15, 0.2) is 47.3 Å². The van der Waals surface area contributed by atoms with Crippen LogP contribution in [0.4, 0.5) is 11.4 Å². The Morgan fingerprint density at radius 3 is 2.77 bits per heavy atom. The molecule has 0 aliphatic rings. The Morgan fingerprint density at radius 2 is 2.04 bits per heavy atom. The number of nitrogens with zero attached hydrogens (tertiary/aromatic N) is 2. The number of benzene rings is 1. The number of esters is 1. The number of halogens is 1. The fraction of sp³-hybridized carbons (Fsp3) is 0.111. The van der Waals surface area contributed by atoms with Crippen molar-refractivity contribution < 1.29 is 14.3 Å². The van der Waals surface area contributed by atoms with Gasteiger partial charge < -0.3 is 15.8 Å². The molecule has 2 heterocycles. The summed E-state index contributed by atoms with van der Waals surface area (Å²) in [6.07, 6.45) is 4.45. The van der Waals surface area contributed by atoms with Gasteiger partial charge in [-0.2, -0.15) is 0 Å². The number of amides is 1. The molecule has 0 saturated carbocycles. The number of hydrogen-bond donors (Lipinski definition) is 2. The number of fused-ring (bicyclic) bond motifs is 1. The number of carbonyl (C=O) groups excluding carboxylic acids is 2.